The Bertz CT molecular complexity index is 433. The second-order valence-corrected chi connectivity index (χ2v) is 4.30. The third-order valence-corrected chi connectivity index (χ3v) is 2.78. The molecule has 1 aromatic rings. The summed E-state index contributed by atoms with van der Waals surface area (Å²) in [4.78, 5) is 10.7. The summed E-state index contributed by atoms with van der Waals surface area (Å²) in [5.41, 5.74) is -0.969. The molecule has 0 bridgehead atoms. The smallest absolute Gasteiger partial charge is 0.341 e. The first-order chi connectivity index (χ1) is 9.07. The third-order valence-electron chi connectivity index (χ3n) is 2.78. The van der Waals surface area contributed by atoms with Gasteiger partial charge in [0.2, 0.25) is 0 Å². The molecule has 0 aliphatic heterocycles. The Hall–Kier alpha value is -1.65. The fourth-order valence-electron chi connectivity index (χ4n) is 1.73. The van der Waals surface area contributed by atoms with Gasteiger partial charge in [-0.1, -0.05) is 32.6 Å². The van der Waals surface area contributed by atoms with Gasteiger partial charge in [0.15, 0.2) is 11.6 Å². The van der Waals surface area contributed by atoms with E-state index in [9.17, 15) is 13.6 Å². The van der Waals surface area contributed by atoms with Crippen molar-refractivity contribution in [3.63, 3.8) is 0 Å². The van der Waals surface area contributed by atoms with Crippen LogP contribution in [0.1, 0.15) is 49.4 Å². The van der Waals surface area contributed by atoms with E-state index in [1.807, 2.05) is 0 Å². The maximum atomic E-state index is 13.7. The summed E-state index contributed by atoms with van der Waals surface area (Å²) in [7, 11) is 0. The number of aromatic carboxylic acids is 1. The van der Waals surface area contributed by atoms with Gasteiger partial charge in [-0.3, -0.25) is 0 Å². The van der Waals surface area contributed by atoms with Crippen molar-refractivity contribution in [3.8, 4) is 5.75 Å². The maximum Gasteiger partial charge on any atom is 0.341 e. The van der Waals surface area contributed by atoms with Crippen molar-refractivity contribution < 1.29 is 23.4 Å². The highest BCUT2D eigenvalue weighted by molar-refractivity contribution is 5.88. The average Bonchev–Trinajstić information content (AvgIpc) is 2.35. The summed E-state index contributed by atoms with van der Waals surface area (Å²) in [5.74, 6) is -4.10. The lowest BCUT2D eigenvalue weighted by Crippen LogP contribution is -2.08. The first-order valence-corrected chi connectivity index (χ1v) is 6.42. The van der Waals surface area contributed by atoms with E-state index < -0.39 is 23.2 Å². The molecule has 0 atom stereocenters. The number of halogens is 2. The highest BCUT2D eigenvalue weighted by Gasteiger charge is 2.20. The minimum atomic E-state index is -1.64. The van der Waals surface area contributed by atoms with Crippen LogP contribution in [0.15, 0.2) is 12.1 Å². The summed E-state index contributed by atoms with van der Waals surface area (Å²) < 4.78 is 32.0. The van der Waals surface area contributed by atoms with Crippen LogP contribution in [0.3, 0.4) is 0 Å². The Labute approximate surface area is 111 Å². The van der Waals surface area contributed by atoms with Crippen molar-refractivity contribution in [2.75, 3.05) is 6.61 Å². The molecule has 0 unspecified atom stereocenters. The van der Waals surface area contributed by atoms with Crippen LogP contribution < -0.4 is 4.74 Å². The molecule has 19 heavy (non-hydrogen) atoms. The van der Waals surface area contributed by atoms with Crippen LogP contribution >= 0.6 is 0 Å². The fourth-order valence-corrected chi connectivity index (χ4v) is 1.73. The van der Waals surface area contributed by atoms with Crippen LogP contribution in [0.2, 0.25) is 0 Å². The lowest BCUT2D eigenvalue weighted by Gasteiger charge is -2.09. The number of carbonyl (C=O) groups is 1. The number of benzene rings is 1. The van der Waals surface area contributed by atoms with E-state index in [1.165, 1.54) is 0 Å². The molecular weight excluding hydrogens is 254 g/mol. The van der Waals surface area contributed by atoms with Crippen LogP contribution in [0.25, 0.3) is 0 Å². The van der Waals surface area contributed by atoms with Gasteiger partial charge in [-0.25, -0.2) is 13.6 Å². The largest absolute Gasteiger partial charge is 0.490 e. The molecule has 0 spiro atoms. The monoisotopic (exact) mass is 272 g/mol. The lowest BCUT2D eigenvalue weighted by molar-refractivity contribution is 0.0685. The van der Waals surface area contributed by atoms with Crippen molar-refractivity contribution >= 4 is 5.97 Å². The van der Waals surface area contributed by atoms with Crippen LogP contribution in [0, 0.1) is 11.6 Å². The topological polar surface area (TPSA) is 46.5 Å². The van der Waals surface area contributed by atoms with Crippen LogP contribution in [0.4, 0.5) is 8.78 Å². The molecular formula is C14H18F2O3. The molecule has 1 aromatic carbocycles. The third kappa shape index (κ3) is 4.50. The number of hydrogen-bond donors (Lipinski definition) is 1. The molecule has 1 N–H and O–H groups in total. The molecule has 0 aliphatic rings. The first kappa shape index (κ1) is 15.4. The van der Waals surface area contributed by atoms with Crippen molar-refractivity contribution in [2.24, 2.45) is 0 Å². The van der Waals surface area contributed by atoms with E-state index >= 15 is 0 Å². The molecule has 3 nitrogen and oxygen atoms in total. The maximum absolute atomic E-state index is 13.7. The predicted octanol–water partition coefficient (Wildman–Crippen LogP) is 4.01. The van der Waals surface area contributed by atoms with Crippen molar-refractivity contribution in [1.82, 2.24) is 0 Å². The van der Waals surface area contributed by atoms with E-state index in [-0.39, 0.29) is 5.75 Å². The SMILES string of the molecule is CCCCCCCOc1ccc(F)c(C(=O)O)c1F. The number of carboxylic acid groups (broad SMARTS) is 1. The van der Waals surface area contributed by atoms with Gasteiger partial charge in [-0.2, -0.15) is 0 Å². The molecule has 5 heteroatoms. The van der Waals surface area contributed by atoms with Gasteiger partial charge in [0.1, 0.15) is 11.4 Å². The molecule has 0 saturated carbocycles. The molecule has 0 aliphatic carbocycles. The van der Waals surface area contributed by atoms with E-state index in [1.54, 1.807) is 0 Å². The zero-order valence-electron chi connectivity index (χ0n) is 10.9. The molecule has 0 heterocycles. The second-order valence-electron chi connectivity index (χ2n) is 4.30. The Morgan fingerprint density at radius 1 is 1.21 bits per heavy atom. The standard InChI is InChI=1S/C14H18F2O3/c1-2-3-4-5-6-9-19-11-8-7-10(15)12(13(11)16)14(17)18/h7-8H,2-6,9H2,1H3,(H,17,18). The van der Waals surface area contributed by atoms with Crippen LogP contribution in [0.5, 0.6) is 5.75 Å². The summed E-state index contributed by atoms with van der Waals surface area (Å²) in [6.45, 7) is 2.41. The van der Waals surface area contributed by atoms with Crippen LogP contribution in [-0.4, -0.2) is 17.7 Å². The number of rotatable bonds is 8. The lowest BCUT2D eigenvalue weighted by atomic mass is 10.1. The molecule has 0 amide bonds. The van der Waals surface area contributed by atoms with E-state index in [4.69, 9.17) is 9.84 Å². The fraction of sp³-hybridized carbons (Fsp3) is 0.500. The molecule has 0 radical (unpaired) electrons. The minimum Gasteiger partial charge on any atom is -0.490 e. The summed E-state index contributed by atoms with van der Waals surface area (Å²) in [6.07, 6.45) is 5.11. The van der Waals surface area contributed by atoms with Gasteiger partial charge in [0.05, 0.1) is 6.61 Å². The molecule has 106 valence electrons. The predicted molar refractivity (Wildman–Crippen MR) is 67.6 cm³/mol. The first-order valence-electron chi connectivity index (χ1n) is 6.42. The number of ether oxygens (including phenoxy) is 1. The van der Waals surface area contributed by atoms with Gasteiger partial charge >= 0.3 is 5.97 Å². The summed E-state index contributed by atoms with van der Waals surface area (Å²) in [5, 5.41) is 8.70. The number of carboxylic acids is 1. The van der Waals surface area contributed by atoms with Gasteiger partial charge in [0, 0.05) is 0 Å². The van der Waals surface area contributed by atoms with E-state index in [2.05, 4.69) is 6.92 Å². The van der Waals surface area contributed by atoms with Gasteiger partial charge in [-0.05, 0) is 18.6 Å². The Morgan fingerprint density at radius 3 is 2.53 bits per heavy atom. The van der Waals surface area contributed by atoms with E-state index in [0.717, 1.165) is 44.2 Å². The van der Waals surface area contributed by atoms with Gasteiger partial charge in [0.25, 0.3) is 0 Å². The highest BCUT2D eigenvalue weighted by Crippen LogP contribution is 2.23. The summed E-state index contributed by atoms with van der Waals surface area (Å²) in [6, 6.07) is 2.02. The zero-order chi connectivity index (χ0) is 14.3. The number of hydrogen-bond acceptors (Lipinski definition) is 2. The molecule has 0 fully saturated rings. The van der Waals surface area contributed by atoms with Crippen molar-refractivity contribution in [2.45, 2.75) is 39.0 Å². The Morgan fingerprint density at radius 2 is 1.89 bits per heavy atom. The normalized spacial score (nSPS) is 10.5. The second kappa shape index (κ2) is 7.71. The average molecular weight is 272 g/mol. The minimum absolute atomic E-state index is 0.214. The van der Waals surface area contributed by atoms with Gasteiger partial charge < -0.3 is 9.84 Å². The summed E-state index contributed by atoms with van der Waals surface area (Å²) >= 11 is 0. The molecule has 1 rings (SSSR count). The number of unbranched alkanes of at least 4 members (excludes halogenated alkanes) is 4. The quantitative estimate of drug-likeness (QED) is 0.727. The van der Waals surface area contributed by atoms with Crippen molar-refractivity contribution in [1.29, 1.82) is 0 Å². The highest BCUT2D eigenvalue weighted by atomic mass is 19.1. The van der Waals surface area contributed by atoms with Gasteiger partial charge in [-0.15, -0.1) is 0 Å². The van der Waals surface area contributed by atoms with Crippen molar-refractivity contribution in [3.05, 3.63) is 29.3 Å². The molecule has 0 saturated heterocycles. The molecule has 0 aromatic heterocycles. The Balaban J connectivity index is 2.55. The van der Waals surface area contributed by atoms with Crippen LogP contribution in [-0.2, 0) is 0 Å². The zero-order valence-corrected chi connectivity index (χ0v) is 10.9. The van der Waals surface area contributed by atoms with E-state index in [0.29, 0.717) is 6.61 Å². The Kier molecular flexibility index (Phi) is 6.25.